The van der Waals surface area contributed by atoms with Gasteiger partial charge in [0, 0.05) is 19.4 Å². The molecule has 0 bridgehead atoms. The van der Waals surface area contributed by atoms with Crippen LogP contribution in [0.5, 0.6) is 0 Å². The molecule has 104 valence electrons. The van der Waals surface area contributed by atoms with Gasteiger partial charge in [0.15, 0.2) is 6.04 Å². The van der Waals surface area contributed by atoms with Crippen molar-refractivity contribution in [2.45, 2.75) is 12.5 Å². The number of nitrogens with one attached hydrogen (secondary N) is 1. The molecule has 1 aromatic carbocycles. The first-order chi connectivity index (χ1) is 9.58. The Balaban J connectivity index is 2.08. The molecule has 0 saturated heterocycles. The number of carboxylic acid groups (broad SMARTS) is 1. The summed E-state index contributed by atoms with van der Waals surface area (Å²) in [5, 5.41) is 11.7. The number of rotatable bonds is 5. The largest absolute Gasteiger partial charge is 0.479 e. The van der Waals surface area contributed by atoms with Crippen LogP contribution in [0.3, 0.4) is 0 Å². The van der Waals surface area contributed by atoms with Crippen LogP contribution in [0.1, 0.15) is 17.4 Å². The van der Waals surface area contributed by atoms with Crippen LogP contribution in [0.15, 0.2) is 42.7 Å². The topological polar surface area (TPSA) is 84.2 Å². The van der Waals surface area contributed by atoms with E-state index in [0.29, 0.717) is 11.4 Å². The van der Waals surface area contributed by atoms with E-state index in [1.165, 1.54) is 0 Å². The molecule has 6 heteroatoms. The standard InChI is InChI=1S/C14H15N3O3/c1-17-8-7-15-11(17)9-12(18)16-13(14(19)20)10-5-3-2-4-6-10/h2-8,13H,9H2,1H3,(H,16,18)(H,19,20). The van der Waals surface area contributed by atoms with Crippen LogP contribution < -0.4 is 5.32 Å². The van der Waals surface area contributed by atoms with Crippen LogP contribution in [0, 0.1) is 0 Å². The van der Waals surface area contributed by atoms with Gasteiger partial charge < -0.3 is 15.0 Å². The van der Waals surface area contributed by atoms with Crippen molar-refractivity contribution in [2.75, 3.05) is 0 Å². The van der Waals surface area contributed by atoms with Gasteiger partial charge in [0.1, 0.15) is 5.82 Å². The summed E-state index contributed by atoms with van der Waals surface area (Å²) in [6, 6.07) is 7.54. The first kappa shape index (κ1) is 13.8. The summed E-state index contributed by atoms with van der Waals surface area (Å²) >= 11 is 0. The summed E-state index contributed by atoms with van der Waals surface area (Å²) in [7, 11) is 1.78. The summed E-state index contributed by atoms with van der Waals surface area (Å²) in [5.74, 6) is -0.889. The van der Waals surface area contributed by atoms with E-state index in [1.807, 2.05) is 0 Å². The monoisotopic (exact) mass is 273 g/mol. The lowest BCUT2D eigenvalue weighted by Crippen LogP contribution is -2.35. The molecule has 6 nitrogen and oxygen atoms in total. The molecular formula is C14H15N3O3. The maximum Gasteiger partial charge on any atom is 0.330 e. The third-order valence-electron chi connectivity index (χ3n) is 2.92. The number of carbonyl (C=O) groups is 2. The maximum absolute atomic E-state index is 11.9. The van der Waals surface area contributed by atoms with E-state index in [2.05, 4.69) is 10.3 Å². The van der Waals surface area contributed by atoms with E-state index in [9.17, 15) is 14.7 Å². The molecule has 0 aliphatic rings. The van der Waals surface area contributed by atoms with Crippen molar-refractivity contribution >= 4 is 11.9 Å². The highest BCUT2D eigenvalue weighted by Crippen LogP contribution is 2.12. The second-order valence-corrected chi connectivity index (χ2v) is 4.38. The molecule has 20 heavy (non-hydrogen) atoms. The fourth-order valence-corrected chi connectivity index (χ4v) is 1.86. The second kappa shape index (κ2) is 6.01. The first-order valence-electron chi connectivity index (χ1n) is 6.11. The highest BCUT2D eigenvalue weighted by atomic mass is 16.4. The minimum atomic E-state index is -1.09. The van der Waals surface area contributed by atoms with E-state index < -0.39 is 12.0 Å². The number of carbonyl (C=O) groups excluding carboxylic acids is 1. The molecule has 2 aromatic rings. The average molecular weight is 273 g/mol. The Labute approximate surface area is 116 Å². The molecule has 0 spiro atoms. The number of aryl methyl sites for hydroxylation is 1. The highest BCUT2D eigenvalue weighted by Gasteiger charge is 2.22. The number of hydrogen-bond donors (Lipinski definition) is 2. The van der Waals surface area contributed by atoms with Crippen molar-refractivity contribution < 1.29 is 14.7 Å². The lowest BCUT2D eigenvalue weighted by Gasteiger charge is -2.14. The number of carboxylic acids is 1. The fraction of sp³-hybridized carbons (Fsp3) is 0.214. The van der Waals surface area contributed by atoms with Crippen molar-refractivity contribution in [3.8, 4) is 0 Å². The van der Waals surface area contributed by atoms with Gasteiger partial charge in [-0.3, -0.25) is 4.79 Å². The number of amides is 1. The van der Waals surface area contributed by atoms with Crippen LogP contribution in [-0.4, -0.2) is 26.5 Å². The zero-order valence-electron chi connectivity index (χ0n) is 11.0. The molecule has 1 aromatic heterocycles. The van der Waals surface area contributed by atoms with Crippen LogP contribution >= 0.6 is 0 Å². The normalized spacial score (nSPS) is 11.8. The Kier molecular flexibility index (Phi) is 4.14. The SMILES string of the molecule is Cn1ccnc1CC(=O)NC(C(=O)O)c1ccccc1. The smallest absolute Gasteiger partial charge is 0.330 e. The Morgan fingerprint density at radius 2 is 2.05 bits per heavy atom. The van der Waals surface area contributed by atoms with Crippen molar-refractivity contribution in [3.05, 3.63) is 54.1 Å². The number of aliphatic carboxylic acids is 1. The number of imidazole rings is 1. The van der Waals surface area contributed by atoms with E-state index >= 15 is 0 Å². The Morgan fingerprint density at radius 1 is 1.35 bits per heavy atom. The molecule has 1 unspecified atom stereocenters. The number of hydrogen-bond acceptors (Lipinski definition) is 3. The number of nitrogens with zero attached hydrogens (tertiary/aromatic N) is 2. The van der Waals surface area contributed by atoms with Crippen LogP contribution in [0.2, 0.25) is 0 Å². The molecule has 0 saturated carbocycles. The summed E-state index contributed by atoms with van der Waals surface area (Å²) in [4.78, 5) is 27.2. The van der Waals surface area contributed by atoms with Crippen molar-refractivity contribution in [3.63, 3.8) is 0 Å². The molecule has 0 radical (unpaired) electrons. The number of benzene rings is 1. The van der Waals surface area contributed by atoms with Gasteiger partial charge in [-0.05, 0) is 5.56 Å². The van der Waals surface area contributed by atoms with Crippen LogP contribution in [-0.2, 0) is 23.1 Å². The molecule has 0 aliphatic heterocycles. The lowest BCUT2D eigenvalue weighted by atomic mass is 10.1. The van der Waals surface area contributed by atoms with Gasteiger partial charge in [-0.2, -0.15) is 0 Å². The number of aromatic nitrogens is 2. The molecular weight excluding hydrogens is 258 g/mol. The molecule has 1 amide bonds. The van der Waals surface area contributed by atoms with Gasteiger partial charge >= 0.3 is 5.97 Å². The summed E-state index contributed by atoms with van der Waals surface area (Å²) in [5.41, 5.74) is 0.535. The fourth-order valence-electron chi connectivity index (χ4n) is 1.86. The molecule has 2 rings (SSSR count). The predicted octanol–water partition coefficient (Wildman–Crippen LogP) is 0.905. The third kappa shape index (κ3) is 3.23. The lowest BCUT2D eigenvalue weighted by molar-refractivity contribution is -0.142. The zero-order chi connectivity index (χ0) is 14.5. The second-order valence-electron chi connectivity index (χ2n) is 4.38. The van der Waals surface area contributed by atoms with Gasteiger partial charge in [-0.1, -0.05) is 30.3 Å². The van der Waals surface area contributed by atoms with Crippen LogP contribution in [0.4, 0.5) is 0 Å². The van der Waals surface area contributed by atoms with Crippen molar-refractivity contribution in [1.82, 2.24) is 14.9 Å². The molecule has 0 aliphatic carbocycles. The average Bonchev–Trinajstić information content (AvgIpc) is 2.82. The minimum Gasteiger partial charge on any atom is -0.479 e. The summed E-state index contributed by atoms with van der Waals surface area (Å²) < 4.78 is 1.72. The zero-order valence-corrected chi connectivity index (χ0v) is 11.0. The third-order valence-corrected chi connectivity index (χ3v) is 2.92. The Morgan fingerprint density at radius 3 is 2.60 bits per heavy atom. The summed E-state index contributed by atoms with van der Waals surface area (Å²) in [6.07, 6.45) is 3.36. The molecule has 0 fully saturated rings. The maximum atomic E-state index is 11.9. The van der Waals surface area contributed by atoms with E-state index in [-0.39, 0.29) is 12.3 Å². The van der Waals surface area contributed by atoms with Gasteiger partial charge in [0.25, 0.3) is 0 Å². The van der Waals surface area contributed by atoms with Gasteiger partial charge in [0.2, 0.25) is 5.91 Å². The Bertz CT molecular complexity index is 607. The van der Waals surface area contributed by atoms with Crippen molar-refractivity contribution in [2.24, 2.45) is 7.05 Å². The first-order valence-corrected chi connectivity index (χ1v) is 6.11. The van der Waals surface area contributed by atoms with E-state index in [0.717, 1.165) is 0 Å². The predicted molar refractivity (Wildman–Crippen MR) is 71.9 cm³/mol. The molecule has 2 N–H and O–H groups in total. The van der Waals surface area contributed by atoms with E-state index in [4.69, 9.17) is 0 Å². The molecule has 1 heterocycles. The molecule has 1 atom stereocenters. The Hall–Kier alpha value is -2.63. The van der Waals surface area contributed by atoms with Crippen molar-refractivity contribution in [1.29, 1.82) is 0 Å². The van der Waals surface area contributed by atoms with Gasteiger partial charge in [-0.15, -0.1) is 0 Å². The summed E-state index contributed by atoms with van der Waals surface area (Å²) in [6.45, 7) is 0. The minimum absolute atomic E-state index is 0.0418. The van der Waals surface area contributed by atoms with E-state index in [1.54, 1.807) is 54.3 Å². The van der Waals surface area contributed by atoms with Crippen LogP contribution in [0.25, 0.3) is 0 Å². The van der Waals surface area contributed by atoms with Gasteiger partial charge in [-0.25, -0.2) is 9.78 Å². The highest BCUT2D eigenvalue weighted by molar-refractivity contribution is 5.85. The van der Waals surface area contributed by atoms with Gasteiger partial charge in [0.05, 0.1) is 6.42 Å². The quantitative estimate of drug-likeness (QED) is 0.848.